The lowest BCUT2D eigenvalue weighted by atomic mass is 10.1. The summed E-state index contributed by atoms with van der Waals surface area (Å²) in [6, 6.07) is 8.55. The molecule has 1 saturated carbocycles. The van der Waals surface area contributed by atoms with E-state index in [0.717, 1.165) is 24.7 Å². The van der Waals surface area contributed by atoms with Crippen LogP contribution in [-0.2, 0) is 12.1 Å². The predicted molar refractivity (Wildman–Crippen MR) is 151 cm³/mol. The largest absolute Gasteiger partial charge is 0.477 e. The topological polar surface area (TPSA) is 141 Å². The second kappa shape index (κ2) is 11.1. The summed E-state index contributed by atoms with van der Waals surface area (Å²) in [6.45, 7) is 5.64. The number of hydrogen-bond donors (Lipinski definition) is 2. The van der Waals surface area contributed by atoms with Crippen molar-refractivity contribution in [3.05, 3.63) is 72.1 Å². The molecule has 2 N–H and O–H groups in total. The van der Waals surface area contributed by atoms with Gasteiger partial charge in [0.25, 0.3) is 0 Å². The normalized spacial score (nSPS) is 13.9. The molecule has 5 aromatic rings. The minimum absolute atomic E-state index is 0.0820. The van der Waals surface area contributed by atoms with Crippen LogP contribution in [0.4, 0.5) is 13.2 Å². The van der Waals surface area contributed by atoms with Crippen molar-refractivity contribution in [3.63, 3.8) is 0 Å². The first kappa shape index (κ1) is 29.4. The van der Waals surface area contributed by atoms with Gasteiger partial charge in [-0.05, 0) is 57.9 Å². The first-order valence-corrected chi connectivity index (χ1v) is 14.0. The van der Waals surface area contributed by atoms with E-state index in [0.29, 0.717) is 29.1 Å². The molecule has 4 aromatic heterocycles. The maximum absolute atomic E-state index is 13.4. The Bertz CT molecular complexity index is 1820. The van der Waals surface area contributed by atoms with E-state index in [9.17, 15) is 23.4 Å². The van der Waals surface area contributed by atoms with Gasteiger partial charge in [0.1, 0.15) is 17.7 Å². The number of rotatable bonds is 9. The summed E-state index contributed by atoms with van der Waals surface area (Å²) < 4.78 is 53.0. The average Bonchev–Trinajstić information content (AvgIpc) is 3.73. The predicted octanol–water partition coefficient (Wildman–Crippen LogP) is 5.40. The van der Waals surface area contributed by atoms with Gasteiger partial charge >= 0.3 is 12.1 Å². The Labute approximate surface area is 249 Å². The maximum atomic E-state index is 13.4. The van der Waals surface area contributed by atoms with Crippen molar-refractivity contribution in [2.75, 3.05) is 6.61 Å². The Balaban J connectivity index is 1.38. The number of pyridine rings is 1. The Hall–Kier alpha value is -4.69. The summed E-state index contributed by atoms with van der Waals surface area (Å²) in [4.78, 5) is 26.0. The summed E-state index contributed by atoms with van der Waals surface area (Å²) in [5.41, 5.74) is 0.950. The molecule has 0 spiro atoms. The van der Waals surface area contributed by atoms with Crippen molar-refractivity contribution < 1.29 is 32.9 Å². The Morgan fingerprint density at radius 1 is 0.977 bits per heavy atom. The third kappa shape index (κ3) is 5.65. The van der Waals surface area contributed by atoms with Crippen molar-refractivity contribution >= 4 is 11.0 Å². The second-order valence-corrected chi connectivity index (χ2v) is 10.6. The quantitative estimate of drug-likeness (QED) is 0.209. The minimum atomic E-state index is -4.62. The van der Waals surface area contributed by atoms with Gasteiger partial charge < -0.3 is 24.3 Å². The zero-order chi connectivity index (χ0) is 31.2. The molecular weight excluding hydrogens is 579 g/mol. The van der Waals surface area contributed by atoms with Crippen LogP contribution in [0.15, 0.2) is 55.1 Å². The van der Waals surface area contributed by atoms with E-state index in [1.54, 1.807) is 26.0 Å². The van der Waals surface area contributed by atoms with Crippen molar-refractivity contribution in [2.45, 2.75) is 57.7 Å². The molecule has 0 saturated heterocycles. The van der Waals surface area contributed by atoms with E-state index in [1.165, 1.54) is 41.4 Å². The van der Waals surface area contributed by atoms with E-state index in [-0.39, 0.29) is 40.6 Å². The van der Waals surface area contributed by atoms with E-state index < -0.39 is 17.8 Å². The fourth-order valence-corrected chi connectivity index (χ4v) is 4.80. The smallest absolute Gasteiger partial charge is 0.434 e. The molecule has 14 heteroatoms. The lowest BCUT2D eigenvalue weighted by Crippen LogP contribution is -2.33. The van der Waals surface area contributed by atoms with Crippen LogP contribution < -0.4 is 9.47 Å². The summed E-state index contributed by atoms with van der Waals surface area (Å²) >= 11 is 0. The lowest BCUT2D eigenvalue weighted by molar-refractivity contribution is -0.304. The number of alkyl halides is 3. The molecule has 1 aliphatic carbocycles. The minimum Gasteiger partial charge on any atom is -0.477 e. The van der Waals surface area contributed by atoms with E-state index in [4.69, 9.17) is 9.47 Å². The Morgan fingerprint density at radius 2 is 1.73 bits per heavy atom. The highest BCUT2D eigenvalue weighted by atomic mass is 19.4. The van der Waals surface area contributed by atoms with Gasteiger partial charge in [0.05, 0.1) is 23.4 Å². The number of aliphatic hydroxyl groups is 2. The number of halogens is 3. The van der Waals surface area contributed by atoms with Gasteiger partial charge in [-0.1, -0.05) is 12.1 Å². The molecule has 0 unspecified atom stereocenters. The summed E-state index contributed by atoms with van der Waals surface area (Å²) in [5, 5.41) is 22.2. The van der Waals surface area contributed by atoms with Crippen LogP contribution in [0.25, 0.3) is 33.8 Å². The van der Waals surface area contributed by atoms with Crippen LogP contribution in [0.3, 0.4) is 0 Å². The summed E-state index contributed by atoms with van der Waals surface area (Å²) in [5.74, 6) is -2.40. The molecule has 4 heterocycles. The van der Waals surface area contributed by atoms with Gasteiger partial charge in [0, 0.05) is 29.9 Å². The number of aromatic nitrogens is 7. The number of hydrogen-bond acceptors (Lipinski definition) is 10. The summed E-state index contributed by atoms with van der Waals surface area (Å²) in [7, 11) is 0. The highest BCUT2D eigenvalue weighted by molar-refractivity contribution is 5.82. The van der Waals surface area contributed by atoms with Crippen molar-refractivity contribution in [1.82, 2.24) is 34.5 Å². The van der Waals surface area contributed by atoms with Crippen LogP contribution in [0.2, 0.25) is 0 Å². The van der Waals surface area contributed by atoms with E-state index in [1.807, 2.05) is 6.92 Å². The zero-order valence-corrected chi connectivity index (χ0v) is 23.9. The van der Waals surface area contributed by atoms with Crippen molar-refractivity contribution in [3.8, 4) is 34.5 Å². The van der Waals surface area contributed by atoms with Crippen LogP contribution in [0, 0.1) is 0 Å². The van der Waals surface area contributed by atoms with Crippen LogP contribution >= 0.6 is 0 Å². The Morgan fingerprint density at radius 3 is 2.39 bits per heavy atom. The van der Waals surface area contributed by atoms with Gasteiger partial charge in [-0.15, -0.1) is 0 Å². The van der Waals surface area contributed by atoms with Crippen LogP contribution in [-0.4, -0.2) is 51.3 Å². The Kier molecular flexibility index (Phi) is 7.41. The number of benzene rings is 1. The molecule has 0 aliphatic heterocycles. The van der Waals surface area contributed by atoms with Crippen molar-refractivity contribution in [2.24, 2.45) is 0 Å². The molecule has 6 rings (SSSR count). The third-order valence-corrected chi connectivity index (χ3v) is 7.07. The van der Waals surface area contributed by atoms with Gasteiger partial charge in [-0.2, -0.15) is 18.2 Å². The maximum Gasteiger partial charge on any atom is 0.434 e. The lowest BCUT2D eigenvalue weighted by Gasteiger charge is -2.23. The van der Waals surface area contributed by atoms with Crippen LogP contribution in [0.1, 0.15) is 62.5 Å². The second-order valence-electron chi connectivity index (χ2n) is 10.6. The molecule has 1 fully saturated rings. The van der Waals surface area contributed by atoms with Crippen LogP contribution in [0.5, 0.6) is 11.8 Å². The van der Waals surface area contributed by atoms with Gasteiger partial charge in [-0.3, -0.25) is 0 Å². The van der Waals surface area contributed by atoms with E-state index in [2.05, 4.69) is 29.9 Å². The summed E-state index contributed by atoms with van der Waals surface area (Å²) in [6.07, 6.45) is 1.13. The monoisotopic (exact) mass is 607 g/mol. The molecule has 44 heavy (non-hydrogen) atoms. The molecule has 0 radical (unpaired) electrons. The first-order chi connectivity index (χ1) is 21.0. The van der Waals surface area contributed by atoms with Crippen molar-refractivity contribution in [1.29, 1.82) is 0 Å². The van der Waals surface area contributed by atoms with Gasteiger partial charge in [-0.25, -0.2) is 24.9 Å². The molecule has 1 aromatic carbocycles. The SMILES string of the molecule is CCOc1ncnc(C2CC2)c1-c1nc(OC(O)(O)c2ccc(-c3nc(C(F)(F)F)cn3C(C)C)cc2)c2ncccc2n1. The average molecular weight is 608 g/mol. The number of fused-ring (bicyclic) bond motifs is 1. The highest BCUT2D eigenvalue weighted by Gasteiger charge is 2.36. The molecule has 0 amide bonds. The third-order valence-electron chi connectivity index (χ3n) is 7.07. The first-order valence-electron chi connectivity index (χ1n) is 14.0. The fraction of sp³-hybridized carbons (Fsp3) is 0.333. The zero-order valence-electron chi connectivity index (χ0n) is 23.9. The highest BCUT2D eigenvalue weighted by Crippen LogP contribution is 2.45. The molecule has 228 valence electrons. The number of ether oxygens (including phenoxy) is 2. The molecule has 0 bridgehead atoms. The molecule has 0 atom stereocenters. The van der Waals surface area contributed by atoms with E-state index >= 15 is 0 Å². The number of imidazole rings is 1. The molecule has 1 aliphatic rings. The van der Waals surface area contributed by atoms with Gasteiger partial charge in [0.15, 0.2) is 17.0 Å². The fourth-order valence-electron chi connectivity index (χ4n) is 4.80. The number of nitrogens with zero attached hydrogens (tertiary/aromatic N) is 7. The molecule has 11 nitrogen and oxygen atoms in total. The molecular formula is C30H28F3N7O4. The van der Waals surface area contributed by atoms with Gasteiger partial charge in [0.2, 0.25) is 11.8 Å². The standard InChI is InChI=1S/C30H28F3N7O4/c1-4-43-27-22(23(17-7-8-17)35-15-36-27)25-37-20-6-5-13-34-24(20)28(39-25)44-30(41,42)19-11-9-18(10-12-19)26-38-21(29(31,32)33)14-40(26)16(2)3/h5-6,9-17,41-42H,4,7-8H2,1-3H3.